The first kappa shape index (κ1) is 50.5. The van der Waals surface area contributed by atoms with Crippen molar-refractivity contribution < 1.29 is 38.1 Å². The molecule has 0 radical (unpaired) electrons. The van der Waals surface area contributed by atoms with Crippen LogP contribution in [0.3, 0.4) is 0 Å². The normalized spacial score (nSPS) is 19.7. The number of para-hydroxylation sites is 2. The Bertz CT molecular complexity index is 1590. The SMILES string of the molecule is CC(=O)OC(COc1ccccc1)CN1C(C)(C)CC(N(CCCCCCN(C(C)=O)C2CC(C)(C)N(CC(COc3ccccc3)OC(C)=O)C(C)(C)C2)C(C)=O)CC1(C)C. The van der Waals surface area contributed by atoms with Crippen LogP contribution in [0.4, 0.5) is 0 Å². The van der Waals surface area contributed by atoms with E-state index in [1.807, 2.05) is 60.7 Å². The molecule has 12 nitrogen and oxygen atoms in total. The molecule has 2 aromatic rings. The fourth-order valence-electron chi connectivity index (χ4n) is 10.6. The Morgan fingerprint density at radius 2 is 0.839 bits per heavy atom. The molecule has 62 heavy (non-hydrogen) atoms. The third-order valence-corrected chi connectivity index (χ3v) is 12.9. The summed E-state index contributed by atoms with van der Waals surface area (Å²) >= 11 is 0. The van der Waals surface area contributed by atoms with Gasteiger partial charge in [-0.3, -0.25) is 29.0 Å². The number of ether oxygens (including phenoxy) is 4. The molecule has 2 aromatic carbocycles. The Balaban J connectivity index is 1.30. The van der Waals surface area contributed by atoms with Gasteiger partial charge in [0.1, 0.15) is 36.9 Å². The Morgan fingerprint density at radius 1 is 0.532 bits per heavy atom. The average Bonchev–Trinajstić information content (AvgIpc) is 3.16. The van der Waals surface area contributed by atoms with Gasteiger partial charge in [-0.05, 0) is 118 Å². The van der Waals surface area contributed by atoms with Crippen LogP contribution in [0.5, 0.6) is 11.5 Å². The highest BCUT2D eigenvalue weighted by molar-refractivity contribution is 5.74. The van der Waals surface area contributed by atoms with Crippen LogP contribution in [0.15, 0.2) is 60.7 Å². The average molecular weight is 863 g/mol. The van der Waals surface area contributed by atoms with Gasteiger partial charge in [0.2, 0.25) is 11.8 Å². The van der Waals surface area contributed by atoms with Gasteiger partial charge in [-0.15, -0.1) is 0 Å². The van der Waals surface area contributed by atoms with E-state index in [2.05, 4.69) is 75.0 Å². The molecule has 12 heteroatoms. The fourth-order valence-corrected chi connectivity index (χ4v) is 10.6. The van der Waals surface area contributed by atoms with E-state index in [1.54, 1.807) is 13.8 Å². The van der Waals surface area contributed by atoms with Gasteiger partial charge in [-0.2, -0.15) is 0 Å². The van der Waals surface area contributed by atoms with E-state index < -0.39 is 12.2 Å². The van der Waals surface area contributed by atoms with E-state index in [-0.39, 0.29) is 71.2 Å². The van der Waals surface area contributed by atoms with Crippen molar-refractivity contribution in [3.63, 3.8) is 0 Å². The molecular weight excluding hydrogens is 785 g/mol. The molecule has 2 aliphatic heterocycles. The van der Waals surface area contributed by atoms with Crippen LogP contribution in [0.1, 0.15) is 134 Å². The molecule has 0 spiro atoms. The molecule has 0 aliphatic carbocycles. The summed E-state index contributed by atoms with van der Waals surface area (Å²) in [5.74, 6) is 0.967. The van der Waals surface area contributed by atoms with Crippen molar-refractivity contribution in [2.45, 2.75) is 181 Å². The summed E-state index contributed by atoms with van der Waals surface area (Å²) in [4.78, 5) is 59.7. The number of hydrogen-bond donors (Lipinski definition) is 0. The monoisotopic (exact) mass is 863 g/mol. The molecule has 2 saturated heterocycles. The predicted molar refractivity (Wildman–Crippen MR) is 244 cm³/mol. The molecule has 0 N–H and O–H groups in total. The van der Waals surface area contributed by atoms with Gasteiger partial charge in [-0.1, -0.05) is 49.2 Å². The lowest BCUT2D eigenvalue weighted by Gasteiger charge is -2.57. The summed E-state index contributed by atoms with van der Waals surface area (Å²) in [6.45, 7) is 26.9. The Kier molecular flexibility index (Phi) is 17.9. The lowest BCUT2D eigenvalue weighted by Crippen LogP contribution is -2.66. The molecule has 0 saturated carbocycles. The van der Waals surface area contributed by atoms with Gasteiger partial charge in [0.05, 0.1) is 0 Å². The summed E-state index contributed by atoms with van der Waals surface area (Å²) in [5.41, 5.74) is -1.11. The second-order valence-electron chi connectivity index (χ2n) is 20.1. The molecule has 2 atom stereocenters. The fraction of sp³-hybridized carbons (Fsp3) is 0.680. The summed E-state index contributed by atoms with van der Waals surface area (Å²) in [6, 6.07) is 19.3. The number of nitrogens with zero attached hydrogens (tertiary/aromatic N) is 4. The summed E-state index contributed by atoms with van der Waals surface area (Å²) in [5, 5.41) is 0. The standard InChI is InChI=1S/C50H78N4O8/c1-37(55)51(41-29-47(5,6)53(48(7,8)30-41)33-45(61-39(3)57)35-59-43-23-17-15-18-24-43)27-21-13-14-22-28-52(38(2)56)42-31-49(9,10)54(50(11,12)32-42)34-46(62-40(4)58)36-60-44-25-19-16-20-26-44/h15-20,23-26,41-42,45-46H,13-14,21-22,27-36H2,1-12H3. The second kappa shape index (κ2) is 22.0. The number of benzene rings is 2. The number of hydrogen-bond acceptors (Lipinski definition) is 10. The molecule has 2 amide bonds. The zero-order chi connectivity index (χ0) is 45.9. The summed E-state index contributed by atoms with van der Waals surface area (Å²) < 4.78 is 23.6. The number of rotatable bonds is 21. The van der Waals surface area contributed by atoms with Gasteiger partial charge in [0, 0.05) is 88.1 Å². The number of carbonyl (C=O) groups excluding carboxylic acids is 4. The highest BCUT2D eigenvalue weighted by atomic mass is 16.6. The van der Waals surface area contributed by atoms with Crippen LogP contribution in [0.25, 0.3) is 0 Å². The van der Waals surface area contributed by atoms with Gasteiger partial charge in [0.15, 0.2) is 0 Å². The smallest absolute Gasteiger partial charge is 0.303 e. The number of piperidine rings is 2. The minimum atomic E-state index is -0.450. The zero-order valence-corrected chi connectivity index (χ0v) is 40.0. The van der Waals surface area contributed by atoms with Crippen LogP contribution in [0, 0.1) is 0 Å². The van der Waals surface area contributed by atoms with Crippen molar-refractivity contribution in [3.05, 3.63) is 60.7 Å². The van der Waals surface area contributed by atoms with Crippen molar-refractivity contribution in [1.82, 2.24) is 19.6 Å². The number of carbonyl (C=O) groups is 4. The van der Waals surface area contributed by atoms with Crippen LogP contribution in [-0.4, -0.2) is 129 Å². The van der Waals surface area contributed by atoms with Crippen LogP contribution in [0.2, 0.25) is 0 Å². The first-order chi connectivity index (χ1) is 29.0. The molecule has 2 aliphatic rings. The zero-order valence-electron chi connectivity index (χ0n) is 40.0. The van der Waals surface area contributed by atoms with Crippen molar-refractivity contribution >= 4 is 23.8 Å². The topological polar surface area (TPSA) is 118 Å². The summed E-state index contributed by atoms with van der Waals surface area (Å²) in [6.07, 6.45) is 6.00. The van der Waals surface area contributed by atoms with Gasteiger partial charge in [-0.25, -0.2) is 0 Å². The molecule has 0 aromatic heterocycles. The lowest BCUT2D eigenvalue weighted by atomic mass is 9.76. The minimum Gasteiger partial charge on any atom is -0.490 e. The van der Waals surface area contributed by atoms with Crippen molar-refractivity contribution in [2.24, 2.45) is 0 Å². The Labute approximate surface area is 372 Å². The van der Waals surface area contributed by atoms with E-state index in [0.717, 1.165) is 62.9 Å². The van der Waals surface area contributed by atoms with E-state index in [1.165, 1.54) is 13.8 Å². The van der Waals surface area contributed by atoms with Crippen LogP contribution in [-0.2, 0) is 28.7 Å². The maximum atomic E-state index is 13.2. The van der Waals surface area contributed by atoms with Crippen molar-refractivity contribution in [3.8, 4) is 11.5 Å². The maximum Gasteiger partial charge on any atom is 0.303 e. The van der Waals surface area contributed by atoms with E-state index in [0.29, 0.717) is 26.2 Å². The number of amides is 2. The first-order valence-electron chi connectivity index (χ1n) is 22.8. The lowest BCUT2D eigenvalue weighted by molar-refractivity contribution is -0.156. The van der Waals surface area contributed by atoms with Gasteiger partial charge in [0.25, 0.3) is 0 Å². The van der Waals surface area contributed by atoms with Crippen LogP contribution < -0.4 is 9.47 Å². The molecule has 2 unspecified atom stereocenters. The molecule has 4 rings (SSSR count). The van der Waals surface area contributed by atoms with Crippen LogP contribution >= 0.6 is 0 Å². The Morgan fingerprint density at radius 3 is 1.11 bits per heavy atom. The highest BCUT2D eigenvalue weighted by Crippen LogP contribution is 2.42. The number of likely N-dealkylation sites (tertiary alicyclic amines) is 2. The van der Waals surface area contributed by atoms with E-state index >= 15 is 0 Å². The summed E-state index contributed by atoms with van der Waals surface area (Å²) in [7, 11) is 0. The quantitative estimate of drug-likeness (QED) is 0.0897. The molecular formula is C50H78N4O8. The molecule has 2 fully saturated rings. The van der Waals surface area contributed by atoms with Crippen molar-refractivity contribution in [2.75, 3.05) is 39.4 Å². The number of unbranched alkanes of at least 4 members (excludes halogenated alkanes) is 3. The minimum absolute atomic E-state index is 0.0768. The third-order valence-electron chi connectivity index (χ3n) is 12.9. The maximum absolute atomic E-state index is 13.2. The third kappa shape index (κ3) is 14.7. The molecule has 0 bridgehead atoms. The number of esters is 2. The van der Waals surface area contributed by atoms with Crippen molar-refractivity contribution in [1.29, 1.82) is 0 Å². The Hall–Kier alpha value is -4.16. The highest BCUT2D eigenvalue weighted by Gasteiger charge is 2.49. The van der Waals surface area contributed by atoms with E-state index in [9.17, 15) is 19.2 Å². The van der Waals surface area contributed by atoms with Gasteiger partial charge < -0.3 is 28.7 Å². The van der Waals surface area contributed by atoms with Gasteiger partial charge >= 0.3 is 11.9 Å². The molecule has 346 valence electrons. The molecule has 2 heterocycles. The second-order valence-corrected chi connectivity index (χ2v) is 20.1. The predicted octanol–water partition coefficient (Wildman–Crippen LogP) is 8.31. The largest absolute Gasteiger partial charge is 0.490 e. The van der Waals surface area contributed by atoms with E-state index in [4.69, 9.17) is 18.9 Å². The first-order valence-corrected chi connectivity index (χ1v) is 22.8.